The van der Waals surface area contributed by atoms with Gasteiger partial charge in [0.2, 0.25) is 0 Å². The molecular weight excluding hydrogens is 265 g/mol. The Hall–Kier alpha value is -0.290. The van der Waals surface area contributed by atoms with Crippen molar-refractivity contribution in [1.29, 1.82) is 0 Å². The summed E-state index contributed by atoms with van der Waals surface area (Å²) < 4.78 is 6.18. The van der Waals surface area contributed by atoms with Crippen molar-refractivity contribution < 1.29 is 4.74 Å². The van der Waals surface area contributed by atoms with Crippen LogP contribution in [0.2, 0.25) is 0 Å². The highest BCUT2D eigenvalue weighted by Crippen LogP contribution is 2.10. The van der Waals surface area contributed by atoms with Crippen LogP contribution in [0.3, 0.4) is 0 Å². The molecule has 0 aromatic heterocycles. The average molecular weight is 277 g/mol. The molecule has 0 saturated heterocycles. The van der Waals surface area contributed by atoms with E-state index in [2.05, 4.69) is 52.2 Å². The third-order valence-corrected chi connectivity index (χ3v) is 2.20. The van der Waals surface area contributed by atoms with Crippen molar-refractivity contribution in [1.82, 2.24) is 0 Å². The molecule has 0 fully saturated rings. The Balaban J connectivity index is 2.37. The second kappa shape index (κ2) is 5.37. The predicted molar refractivity (Wildman–Crippen MR) is 59.5 cm³/mol. The summed E-state index contributed by atoms with van der Waals surface area (Å²) in [5.41, 5.74) is 1.15. The van der Waals surface area contributed by atoms with E-state index in [1.165, 1.54) is 3.57 Å². The van der Waals surface area contributed by atoms with Gasteiger partial charge in [0.25, 0.3) is 0 Å². The maximum absolute atomic E-state index is 4.92. The molecule has 12 heavy (non-hydrogen) atoms. The molecule has 0 atom stereocenters. The van der Waals surface area contributed by atoms with Gasteiger partial charge in [0.15, 0.2) is 0 Å². The normalized spacial score (nSPS) is 9.83. The molecule has 0 radical (unpaired) electrons. The fourth-order valence-electron chi connectivity index (χ4n) is 0.865. The summed E-state index contributed by atoms with van der Waals surface area (Å²) in [6.07, 6.45) is 0. The number of hydrogen-bond donors (Lipinski definition) is 1. The van der Waals surface area contributed by atoms with Crippen molar-refractivity contribution >= 4 is 28.3 Å². The maximum Gasteiger partial charge on any atom is 0.0635 e. The number of anilines is 1. The van der Waals surface area contributed by atoms with Gasteiger partial charge in [0, 0.05) is 22.9 Å². The quantitative estimate of drug-likeness (QED) is 0.673. The average Bonchev–Trinajstić information content (AvgIpc) is 2.09. The fourth-order valence-corrected chi connectivity index (χ4v) is 1.22. The lowest BCUT2D eigenvalue weighted by molar-refractivity contribution is 0.211. The van der Waals surface area contributed by atoms with E-state index in [-0.39, 0.29) is 0 Å². The number of methoxy groups -OCH3 is 1. The van der Waals surface area contributed by atoms with Gasteiger partial charge in [-0.25, -0.2) is 0 Å². The number of nitrogens with one attached hydrogen (secondary N) is 1. The second-order valence-electron chi connectivity index (χ2n) is 2.43. The molecule has 1 N–H and O–H groups in total. The molecule has 0 aliphatic rings. The van der Waals surface area contributed by atoms with E-state index in [4.69, 9.17) is 4.74 Å². The lowest BCUT2D eigenvalue weighted by Crippen LogP contribution is -2.07. The third kappa shape index (κ3) is 3.40. The summed E-state index contributed by atoms with van der Waals surface area (Å²) in [5, 5.41) is 3.24. The van der Waals surface area contributed by atoms with Gasteiger partial charge in [-0.15, -0.1) is 0 Å². The van der Waals surface area contributed by atoms with E-state index in [0.29, 0.717) is 0 Å². The zero-order valence-corrected chi connectivity index (χ0v) is 9.17. The van der Waals surface area contributed by atoms with E-state index in [1.54, 1.807) is 7.11 Å². The summed E-state index contributed by atoms with van der Waals surface area (Å²) >= 11 is 2.29. The number of halogens is 1. The van der Waals surface area contributed by atoms with Gasteiger partial charge < -0.3 is 10.1 Å². The van der Waals surface area contributed by atoms with Crippen molar-refractivity contribution in [2.75, 3.05) is 25.6 Å². The summed E-state index contributed by atoms with van der Waals surface area (Å²) in [5.74, 6) is 0. The first-order valence-corrected chi connectivity index (χ1v) is 4.89. The van der Waals surface area contributed by atoms with Gasteiger partial charge in [-0.05, 0) is 46.9 Å². The summed E-state index contributed by atoms with van der Waals surface area (Å²) in [6, 6.07) is 8.29. The smallest absolute Gasteiger partial charge is 0.0635 e. The Morgan fingerprint density at radius 2 is 2.00 bits per heavy atom. The molecule has 0 unspecified atom stereocenters. The van der Waals surface area contributed by atoms with Crippen LogP contribution in [0.15, 0.2) is 24.3 Å². The van der Waals surface area contributed by atoms with Crippen molar-refractivity contribution in [2.45, 2.75) is 0 Å². The number of hydrogen-bond acceptors (Lipinski definition) is 2. The summed E-state index contributed by atoms with van der Waals surface area (Å²) in [6.45, 7) is 1.60. The van der Waals surface area contributed by atoms with E-state index in [0.717, 1.165) is 18.8 Å². The first-order chi connectivity index (χ1) is 5.83. The van der Waals surface area contributed by atoms with Gasteiger partial charge >= 0.3 is 0 Å². The van der Waals surface area contributed by atoms with Crippen LogP contribution in [-0.4, -0.2) is 20.3 Å². The molecule has 0 aliphatic carbocycles. The molecule has 0 heterocycles. The van der Waals surface area contributed by atoms with Gasteiger partial charge in [-0.1, -0.05) is 0 Å². The molecule has 0 amide bonds. The number of ether oxygens (including phenoxy) is 1. The van der Waals surface area contributed by atoms with E-state index in [9.17, 15) is 0 Å². The largest absolute Gasteiger partial charge is 0.383 e. The van der Waals surface area contributed by atoms with Crippen LogP contribution in [-0.2, 0) is 4.74 Å². The molecule has 66 valence electrons. The Bertz CT molecular complexity index is 222. The standard InChI is InChI=1S/C9H12INO/c1-12-7-6-11-9-4-2-8(10)3-5-9/h2-5,11H,6-7H2,1H3. The van der Waals surface area contributed by atoms with E-state index in [1.807, 2.05) is 0 Å². The first kappa shape index (κ1) is 9.80. The Kier molecular flexibility index (Phi) is 4.39. The monoisotopic (exact) mass is 277 g/mol. The molecule has 1 rings (SSSR count). The van der Waals surface area contributed by atoms with Gasteiger partial charge in [0.1, 0.15) is 0 Å². The zero-order chi connectivity index (χ0) is 8.81. The van der Waals surface area contributed by atoms with E-state index >= 15 is 0 Å². The zero-order valence-electron chi connectivity index (χ0n) is 7.01. The molecule has 1 aromatic rings. The number of benzene rings is 1. The Labute approximate surface area is 86.5 Å². The molecule has 0 spiro atoms. The molecule has 0 saturated carbocycles. The number of rotatable bonds is 4. The molecule has 2 nitrogen and oxygen atoms in total. The third-order valence-electron chi connectivity index (χ3n) is 1.48. The SMILES string of the molecule is COCCNc1ccc(I)cc1. The van der Waals surface area contributed by atoms with Crippen LogP contribution in [0.25, 0.3) is 0 Å². The predicted octanol–water partition coefficient (Wildman–Crippen LogP) is 2.35. The van der Waals surface area contributed by atoms with Crippen LogP contribution >= 0.6 is 22.6 Å². The molecular formula is C9H12INO. The minimum Gasteiger partial charge on any atom is -0.383 e. The lowest BCUT2D eigenvalue weighted by Gasteiger charge is -2.04. The first-order valence-electron chi connectivity index (χ1n) is 3.81. The second-order valence-corrected chi connectivity index (χ2v) is 3.67. The minimum atomic E-state index is 0.742. The van der Waals surface area contributed by atoms with Gasteiger partial charge in [-0.3, -0.25) is 0 Å². The van der Waals surface area contributed by atoms with E-state index < -0.39 is 0 Å². The highest BCUT2D eigenvalue weighted by atomic mass is 127. The van der Waals surface area contributed by atoms with Gasteiger partial charge in [0.05, 0.1) is 6.61 Å². The van der Waals surface area contributed by atoms with Crippen LogP contribution in [0.4, 0.5) is 5.69 Å². The maximum atomic E-state index is 4.92. The fraction of sp³-hybridized carbons (Fsp3) is 0.333. The van der Waals surface area contributed by atoms with Crippen molar-refractivity contribution in [3.63, 3.8) is 0 Å². The highest BCUT2D eigenvalue weighted by molar-refractivity contribution is 14.1. The van der Waals surface area contributed by atoms with Crippen LogP contribution in [0, 0.1) is 3.57 Å². The van der Waals surface area contributed by atoms with Crippen LogP contribution in [0.1, 0.15) is 0 Å². The highest BCUT2D eigenvalue weighted by Gasteiger charge is 1.89. The Morgan fingerprint density at radius 1 is 1.33 bits per heavy atom. The summed E-state index contributed by atoms with van der Waals surface area (Å²) in [7, 11) is 1.70. The molecule has 3 heteroatoms. The minimum absolute atomic E-state index is 0.742. The lowest BCUT2D eigenvalue weighted by atomic mass is 10.3. The molecule has 0 aliphatic heterocycles. The van der Waals surface area contributed by atoms with Crippen molar-refractivity contribution in [2.24, 2.45) is 0 Å². The Morgan fingerprint density at radius 3 is 2.58 bits per heavy atom. The van der Waals surface area contributed by atoms with Crippen LogP contribution in [0.5, 0.6) is 0 Å². The van der Waals surface area contributed by atoms with Gasteiger partial charge in [-0.2, -0.15) is 0 Å². The molecule has 1 aromatic carbocycles. The molecule has 0 bridgehead atoms. The van der Waals surface area contributed by atoms with Crippen molar-refractivity contribution in [3.8, 4) is 0 Å². The van der Waals surface area contributed by atoms with Crippen molar-refractivity contribution in [3.05, 3.63) is 27.8 Å². The topological polar surface area (TPSA) is 21.3 Å². The summed E-state index contributed by atoms with van der Waals surface area (Å²) in [4.78, 5) is 0. The van der Waals surface area contributed by atoms with Crippen LogP contribution < -0.4 is 5.32 Å².